The second kappa shape index (κ2) is 9.47. The fourth-order valence-corrected chi connectivity index (χ4v) is 3.99. The van der Waals surface area contributed by atoms with Crippen LogP contribution >= 0.6 is 0 Å². The summed E-state index contributed by atoms with van der Waals surface area (Å²) in [7, 11) is 0. The lowest BCUT2D eigenvalue weighted by Gasteiger charge is -2.13. The second-order valence-corrected chi connectivity index (χ2v) is 8.45. The quantitative estimate of drug-likeness (QED) is 0.403. The summed E-state index contributed by atoms with van der Waals surface area (Å²) in [5, 5.41) is 3.52. The molecule has 5 rings (SSSR count). The zero-order chi connectivity index (χ0) is 23.5. The molecule has 172 valence electrons. The summed E-state index contributed by atoms with van der Waals surface area (Å²) < 4.78 is 20.7. The van der Waals surface area contributed by atoms with Gasteiger partial charge in [0.05, 0.1) is 10.9 Å². The third kappa shape index (κ3) is 4.98. The van der Waals surface area contributed by atoms with Crippen LogP contribution in [0.15, 0.2) is 77.6 Å². The Hall–Kier alpha value is -4.00. The molecule has 0 aliphatic heterocycles. The maximum atomic E-state index is 13.3. The average Bonchev–Trinajstić information content (AvgIpc) is 3.67. The lowest BCUT2D eigenvalue weighted by molar-refractivity contribution is -0.116. The van der Waals surface area contributed by atoms with Crippen LogP contribution in [0.25, 0.3) is 10.9 Å². The number of hydrogen-bond donors (Lipinski definition) is 1. The molecule has 1 aliphatic carbocycles. The van der Waals surface area contributed by atoms with E-state index in [1.54, 1.807) is 28.8 Å². The maximum Gasteiger partial charge on any atom is 0.261 e. The Bertz CT molecular complexity index is 1410. The third-order valence-corrected chi connectivity index (χ3v) is 5.78. The number of halogens is 1. The highest BCUT2D eigenvalue weighted by Gasteiger charge is 2.28. The topological polar surface area (TPSA) is 73.2 Å². The third-order valence-electron chi connectivity index (χ3n) is 5.78. The molecule has 7 heteroatoms. The van der Waals surface area contributed by atoms with Crippen LogP contribution in [0.2, 0.25) is 0 Å². The highest BCUT2D eigenvalue weighted by molar-refractivity contribution is 5.90. The molecule has 0 unspecified atom stereocenters. The van der Waals surface area contributed by atoms with Crippen molar-refractivity contribution in [2.75, 3.05) is 5.32 Å². The molecule has 1 aromatic heterocycles. The Kier molecular flexibility index (Phi) is 6.08. The zero-order valence-corrected chi connectivity index (χ0v) is 18.5. The van der Waals surface area contributed by atoms with E-state index in [4.69, 9.17) is 4.74 Å². The lowest BCUT2D eigenvalue weighted by atomic mass is 10.2. The normalized spacial score (nSPS) is 13.1. The molecule has 1 fully saturated rings. The van der Waals surface area contributed by atoms with Crippen molar-refractivity contribution < 1.29 is 13.9 Å². The monoisotopic (exact) mass is 457 g/mol. The number of carbonyl (C=O) groups is 1. The first kappa shape index (κ1) is 21.8. The van der Waals surface area contributed by atoms with Gasteiger partial charge in [-0.1, -0.05) is 30.3 Å². The van der Waals surface area contributed by atoms with Gasteiger partial charge in [-0.2, -0.15) is 0 Å². The summed E-state index contributed by atoms with van der Waals surface area (Å²) in [5.41, 5.74) is 2.12. The van der Waals surface area contributed by atoms with Gasteiger partial charge in [-0.25, -0.2) is 9.37 Å². The number of hydrogen-bond acceptors (Lipinski definition) is 4. The summed E-state index contributed by atoms with van der Waals surface area (Å²) in [5.74, 6) is 0.581. The van der Waals surface area contributed by atoms with Crippen LogP contribution in [0.4, 0.5) is 10.1 Å². The van der Waals surface area contributed by atoms with Gasteiger partial charge in [0.2, 0.25) is 5.91 Å². The number of aromatic nitrogens is 2. The number of rotatable bonds is 8. The highest BCUT2D eigenvalue weighted by Crippen LogP contribution is 2.35. The van der Waals surface area contributed by atoms with Gasteiger partial charge >= 0.3 is 0 Å². The van der Waals surface area contributed by atoms with Gasteiger partial charge < -0.3 is 10.1 Å². The minimum Gasteiger partial charge on any atom is -0.489 e. The van der Waals surface area contributed by atoms with E-state index in [1.165, 1.54) is 12.1 Å². The van der Waals surface area contributed by atoms with Crippen molar-refractivity contribution >= 4 is 22.5 Å². The first-order valence-electron chi connectivity index (χ1n) is 11.3. The minimum atomic E-state index is -0.355. The standard InChI is InChI=1S/C27H24FN3O3/c28-19-6-4-8-22(16-19)34-17-18-5-3-7-20(15-18)29-26(32)14-13-25-30-24-10-2-1-9-23(24)27(33)31(25)21-11-12-21/h1-10,15-16,21H,11-14,17H2,(H,29,32). The zero-order valence-electron chi connectivity index (χ0n) is 18.5. The number of anilines is 1. The van der Waals surface area contributed by atoms with Crippen molar-refractivity contribution in [2.24, 2.45) is 0 Å². The molecule has 0 spiro atoms. The van der Waals surface area contributed by atoms with Crippen molar-refractivity contribution in [3.8, 4) is 5.75 Å². The van der Waals surface area contributed by atoms with Crippen molar-refractivity contribution in [1.29, 1.82) is 0 Å². The van der Waals surface area contributed by atoms with E-state index in [-0.39, 0.29) is 36.4 Å². The van der Waals surface area contributed by atoms with E-state index in [0.29, 0.717) is 34.6 Å². The Morgan fingerprint density at radius 2 is 1.88 bits per heavy atom. The van der Waals surface area contributed by atoms with Gasteiger partial charge in [0.25, 0.3) is 5.56 Å². The molecule has 1 heterocycles. The van der Waals surface area contributed by atoms with E-state index in [2.05, 4.69) is 10.3 Å². The van der Waals surface area contributed by atoms with Crippen LogP contribution in [-0.2, 0) is 17.8 Å². The first-order valence-corrected chi connectivity index (χ1v) is 11.3. The van der Waals surface area contributed by atoms with E-state index in [9.17, 15) is 14.0 Å². The number of benzene rings is 3. The number of fused-ring (bicyclic) bond motifs is 1. The van der Waals surface area contributed by atoms with Crippen LogP contribution in [0.5, 0.6) is 5.75 Å². The number of amides is 1. The van der Waals surface area contributed by atoms with E-state index < -0.39 is 0 Å². The predicted octanol–water partition coefficient (Wildman–Crippen LogP) is 5.02. The molecule has 3 aromatic carbocycles. The fraction of sp³-hybridized carbons (Fsp3) is 0.222. The number of aryl methyl sites for hydroxylation is 1. The molecule has 4 aromatic rings. The van der Waals surface area contributed by atoms with Crippen LogP contribution in [0.3, 0.4) is 0 Å². The Morgan fingerprint density at radius 1 is 1.06 bits per heavy atom. The fourth-order valence-electron chi connectivity index (χ4n) is 3.99. The number of carbonyl (C=O) groups excluding carboxylic acids is 1. The molecule has 0 atom stereocenters. The molecule has 0 radical (unpaired) electrons. The van der Waals surface area contributed by atoms with Crippen LogP contribution in [0, 0.1) is 5.82 Å². The van der Waals surface area contributed by atoms with Gasteiger partial charge in [-0.3, -0.25) is 14.2 Å². The van der Waals surface area contributed by atoms with Crippen molar-refractivity contribution in [3.05, 3.63) is 100 Å². The first-order chi connectivity index (χ1) is 16.6. The van der Waals surface area contributed by atoms with Gasteiger partial charge in [0.15, 0.2) is 0 Å². The lowest BCUT2D eigenvalue weighted by Crippen LogP contribution is -2.25. The largest absolute Gasteiger partial charge is 0.489 e. The van der Waals surface area contributed by atoms with E-state index in [1.807, 2.05) is 36.4 Å². The predicted molar refractivity (Wildman–Crippen MR) is 128 cm³/mol. The summed E-state index contributed by atoms with van der Waals surface area (Å²) in [6.07, 6.45) is 2.51. The van der Waals surface area contributed by atoms with Gasteiger partial charge in [0.1, 0.15) is 24.0 Å². The summed E-state index contributed by atoms with van der Waals surface area (Å²) in [4.78, 5) is 30.3. The Balaban J connectivity index is 1.24. The van der Waals surface area contributed by atoms with Crippen LogP contribution < -0.4 is 15.6 Å². The number of para-hydroxylation sites is 1. The Morgan fingerprint density at radius 3 is 2.71 bits per heavy atom. The molecule has 1 saturated carbocycles. The smallest absolute Gasteiger partial charge is 0.261 e. The molecule has 1 amide bonds. The van der Waals surface area contributed by atoms with Gasteiger partial charge in [0, 0.05) is 30.6 Å². The van der Waals surface area contributed by atoms with Crippen LogP contribution in [-0.4, -0.2) is 15.5 Å². The SMILES string of the molecule is O=C(CCc1nc2ccccc2c(=O)n1C1CC1)Nc1cccc(COc2cccc(F)c2)c1. The molecule has 1 N–H and O–H groups in total. The maximum absolute atomic E-state index is 13.3. The van der Waals surface area contributed by atoms with Gasteiger partial charge in [-0.15, -0.1) is 0 Å². The molecule has 34 heavy (non-hydrogen) atoms. The van der Waals surface area contributed by atoms with Crippen molar-refractivity contribution in [3.63, 3.8) is 0 Å². The highest BCUT2D eigenvalue weighted by atomic mass is 19.1. The minimum absolute atomic E-state index is 0.0329. The second-order valence-electron chi connectivity index (χ2n) is 8.45. The molecular formula is C27H24FN3O3. The average molecular weight is 458 g/mol. The Labute approximate surface area is 196 Å². The van der Waals surface area contributed by atoms with Gasteiger partial charge in [-0.05, 0) is 54.8 Å². The molecule has 0 bridgehead atoms. The summed E-state index contributed by atoms with van der Waals surface area (Å²) in [6, 6.07) is 20.8. The molecular weight excluding hydrogens is 433 g/mol. The number of nitrogens with zero attached hydrogens (tertiary/aromatic N) is 2. The molecule has 0 saturated heterocycles. The number of ether oxygens (including phenoxy) is 1. The van der Waals surface area contributed by atoms with E-state index in [0.717, 1.165) is 18.4 Å². The summed E-state index contributed by atoms with van der Waals surface area (Å²) in [6.45, 7) is 0.252. The number of nitrogens with one attached hydrogen (secondary N) is 1. The van der Waals surface area contributed by atoms with Crippen molar-refractivity contribution in [1.82, 2.24) is 9.55 Å². The summed E-state index contributed by atoms with van der Waals surface area (Å²) >= 11 is 0. The van der Waals surface area contributed by atoms with Crippen LogP contribution in [0.1, 0.15) is 36.7 Å². The molecule has 6 nitrogen and oxygen atoms in total. The van der Waals surface area contributed by atoms with Crippen molar-refractivity contribution in [2.45, 2.75) is 38.3 Å². The van der Waals surface area contributed by atoms with E-state index >= 15 is 0 Å². The molecule has 1 aliphatic rings.